The van der Waals surface area contributed by atoms with Gasteiger partial charge < -0.3 is 0 Å². The minimum atomic E-state index is -3.65. The maximum Gasteiger partial charge on any atom is 0.338 e. The van der Waals surface area contributed by atoms with Crippen LogP contribution in [0.5, 0.6) is 0 Å². The fourth-order valence-electron chi connectivity index (χ4n) is 1.19. The van der Waals surface area contributed by atoms with E-state index in [1.165, 1.54) is 0 Å². The molecule has 3 N–H and O–H groups in total. The third-order valence-electron chi connectivity index (χ3n) is 2.03. The Bertz CT molecular complexity index is 367. The van der Waals surface area contributed by atoms with Crippen LogP contribution in [0.3, 0.4) is 0 Å². The fourth-order valence-corrected chi connectivity index (χ4v) is 1.33. The van der Waals surface area contributed by atoms with E-state index in [1.54, 1.807) is 5.43 Å². The van der Waals surface area contributed by atoms with E-state index in [0.717, 1.165) is 18.2 Å². The van der Waals surface area contributed by atoms with Crippen molar-refractivity contribution in [3.8, 4) is 0 Å². The van der Waals surface area contributed by atoms with Gasteiger partial charge >= 0.3 is 5.38 Å². The molecule has 0 spiro atoms. The van der Waals surface area contributed by atoms with Crippen molar-refractivity contribution in [2.24, 2.45) is 5.84 Å². The molecule has 0 saturated carbocycles. The summed E-state index contributed by atoms with van der Waals surface area (Å²) in [6, 6.07) is 0.889. The van der Waals surface area contributed by atoms with Crippen LogP contribution in [0.2, 0.25) is 0 Å². The van der Waals surface area contributed by atoms with Gasteiger partial charge in [0.2, 0.25) is 0 Å². The van der Waals surface area contributed by atoms with Crippen molar-refractivity contribution in [2.75, 3.05) is 0 Å². The van der Waals surface area contributed by atoms with Gasteiger partial charge in [-0.2, -0.15) is 8.78 Å². The number of nitrogens with one attached hydrogen (secondary N) is 1. The predicted octanol–water partition coefficient (Wildman–Crippen LogP) is 2.17. The van der Waals surface area contributed by atoms with E-state index in [2.05, 4.69) is 0 Å². The maximum absolute atomic E-state index is 13.1. The van der Waals surface area contributed by atoms with Gasteiger partial charge in [0.15, 0.2) is 0 Å². The van der Waals surface area contributed by atoms with E-state index in [4.69, 9.17) is 17.4 Å². The zero-order valence-corrected chi connectivity index (χ0v) is 8.74. The Hall–Kier alpha value is -0.850. The van der Waals surface area contributed by atoms with Crippen LogP contribution < -0.4 is 11.3 Å². The molecule has 0 heterocycles. The van der Waals surface area contributed by atoms with Crippen LogP contribution in [0, 0.1) is 11.6 Å². The van der Waals surface area contributed by atoms with Crippen LogP contribution in [0.25, 0.3) is 0 Å². The van der Waals surface area contributed by atoms with Crippen LogP contribution in [-0.4, -0.2) is 11.4 Å². The van der Waals surface area contributed by atoms with Gasteiger partial charge in [0.1, 0.15) is 17.7 Å². The highest BCUT2D eigenvalue weighted by Gasteiger charge is 2.36. The van der Waals surface area contributed by atoms with Crippen molar-refractivity contribution in [1.29, 1.82) is 0 Å². The first-order valence-electron chi connectivity index (χ1n) is 4.31. The van der Waals surface area contributed by atoms with Gasteiger partial charge in [-0.05, 0) is 41.8 Å². The van der Waals surface area contributed by atoms with E-state index in [-0.39, 0.29) is 5.56 Å². The number of benzene rings is 1. The summed E-state index contributed by atoms with van der Waals surface area (Å²) in [5, 5.41) is -3.65. The maximum atomic E-state index is 13.1. The number of hydrogen-bond donors (Lipinski definition) is 2. The molecule has 0 fully saturated rings. The molecule has 0 amide bonds. The predicted molar refractivity (Wildman–Crippen MR) is 52.0 cm³/mol. The van der Waals surface area contributed by atoms with E-state index in [9.17, 15) is 17.6 Å². The van der Waals surface area contributed by atoms with E-state index in [0.29, 0.717) is 0 Å². The van der Waals surface area contributed by atoms with Crippen LogP contribution in [0.1, 0.15) is 5.56 Å². The van der Waals surface area contributed by atoms with Crippen molar-refractivity contribution in [3.63, 3.8) is 0 Å². The van der Waals surface area contributed by atoms with E-state index < -0.39 is 29.5 Å². The molecule has 0 aliphatic rings. The molecule has 90 valence electrons. The highest BCUT2D eigenvalue weighted by atomic mass is 35.5. The normalized spacial score (nSPS) is 13.9. The van der Waals surface area contributed by atoms with E-state index >= 15 is 0 Å². The lowest BCUT2D eigenvalue weighted by molar-refractivity contribution is 0.0499. The molecule has 1 aromatic rings. The topological polar surface area (TPSA) is 38.0 Å². The summed E-state index contributed by atoms with van der Waals surface area (Å²) < 4.78 is 51.3. The number of alkyl halides is 3. The quantitative estimate of drug-likeness (QED) is 0.375. The molecule has 1 atom stereocenters. The molecule has 16 heavy (non-hydrogen) atoms. The van der Waals surface area contributed by atoms with Crippen LogP contribution >= 0.6 is 11.6 Å². The van der Waals surface area contributed by atoms with Crippen molar-refractivity contribution in [1.82, 2.24) is 5.43 Å². The van der Waals surface area contributed by atoms with Crippen LogP contribution in [0.15, 0.2) is 18.2 Å². The minimum Gasteiger partial charge on any atom is -0.271 e. The summed E-state index contributed by atoms with van der Waals surface area (Å²) in [6.45, 7) is 0. The molecule has 1 aromatic carbocycles. The molecule has 0 bridgehead atoms. The molecule has 1 rings (SSSR count). The highest BCUT2D eigenvalue weighted by Crippen LogP contribution is 2.26. The molecule has 1 unspecified atom stereocenters. The summed E-state index contributed by atoms with van der Waals surface area (Å²) in [5.74, 6) is 3.36. The smallest absolute Gasteiger partial charge is 0.271 e. The molecule has 0 aliphatic heterocycles. The second-order valence-corrected chi connectivity index (χ2v) is 3.70. The van der Waals surface area contributed by atoms with Gasteiger partial charge in [-0.25, -0.2) is 14.2 Å². The van der Waals surface area contributed by atoms with Gasteiger partial charge in [0.25, 0.3) is 0 Å². The monoisotopic (exact) mass is 256 g/mol. The van der Waals surface area contributed by atoms with Crippen molar-refractivity contribution in [3.05, 3.63) is 35.4 Å². The molecule has 0 aromatic heterocycles. The zero-order valence-electron chi connectivity index (χ0n) is 7.98. The second kappa shape index (κ2) is 4.99. The molecule has 2 nitrogen and oxygen atoms in total. The number of hydrazine groups is 1. The lowest BCUT2D eigenvalue weighted by Crippen LogP contribution is -2.47. The van der Waals surface area contributed by atoms with Gasteiger partial charge in [-0.3, -0.25) is 5.84 Å². The Morgan fingerprint density at radius 2 is 2.00 bits per heavy atom. The number of halogens is 5. The largest absolute Gasteiger partial charge is 0.338 e. The Kier molecular flexibility index (Phi) is 4.12. The Balaban J connectivity index is 2.90. The first-order chi connectivity index (χ1) is 7.34. The Morgan fingerprint density at radius 3 is 2.50 bits per heavy atom. The second-order valence-electron chi connectivity index (χ2n) is 3.20. The minimum absolute atomic E-state index is 0.219. The molecular weight excluding hydrogens is 248 g/mol. The summed E-state index contributed by atoms with van der Waals surface area (Å²) in [4.78, 5) is 0. The number of rotatable bonds is 4. The van der Waals surface area contributed by atoms with Crippen molar-refractivity contribution in [2.45, 2.75) is 17.8 Å². The third kappa shape index (κ3) is 3.33. The highest BCUT2D eigenvalue weighted by molar-refractivity contribution is 6.22. The molecule has 0 saturated heterocycles. The van der Waals surface area contributed by atoms with E-state index in [1.807, 2.05) is 0 Å². The Labute approximate surface area is 94.4 Å². The third-order valence-corrected chi connectivity index (χ3v) is 2.29. The SMILES string of the molecule is NNC(Cc1cc(F)ccc1F)C(F)(F)Cl. The zero-order chi connectivity index (χ0) is 12.3. The molecule has 7 heteroatoms. The molecular formula is C9H9ClF4N2. The van der Waals surface area contributed by atoms with Crippen LogP contribution in [0.4, 0.5) is 17.6 Å². The average Bonchev–Trinajstić information content (AvgIpc) is 2.17. The van der Waals surface area contributed by atoms with Gasteiger partial charge in [0.05, 0.1) is 0 Å². The van der Waals surface area contributed by atoms with Gasteiger partial charge in [-0.15, -0.1) is 0 Å². The summed E-state index contributed by atoms with van der Waals surface area (Å²) in [5.41, 5.74) is 1.55. The first kappa shape index (κ1) is 13.2. The van der Waals surface area contributed by atoms with Crippen molar-refractivity contribution < 1.29 is 17.6 Å². The summed E-state index contributed by atoms with van der Waals surface area (Å²) >= 11 is 4.75. The first-order valence-corrected chi connectivity index (χ1v) is 4.69. The molecule has 0 radical (unpaired) electrons. The molecule has 0 aliphatic carbocycles. The van der Waals surface area contributed by atoms with Gasteiger partial charge in [0, 0.05) is 0 Å². The average molecular weight is 257 g/mol. The Morgan fingerprint density at radius 1 is 1.38 bits per heavy atom. The number of nitrogens with two attached hydrogens (primary N) is 1. The summed E-state index contributed by atoms with van der Waals surface area (Å²) in [6.07, 6.45) is -0.517. The lowest BCUT2D eigenvalue weighted by Gasteiger charge is -2.20. The van der Waals surface area contributed by atoms with Crippen molar-refractivity contribution >= 4 is 11.6 Å². The fraction of sp³-hybridized carbons (Fsp3) is 0.333. The summed E-state index contributed by atoms with van der Waals surface area (Å²) in [7, 11) is 0. The van der Waals surface area contributed by atoms with Crippen LogP contribution in [-0.2, 0) is 6.42 Å². The standard InChI is InChI=1S/C9H9ClF4N2/c10-9(13,14)8(16-15)4-5-3-6(11)1-2-7(5)12/h1-3,8,16H,4,15H2. The lowest BCUT2D eigenvalue weighted by atomic mass is 10.1. The van der Waals surface area contributed by atoms with Gasteiger partial charge in [-0.1, -0.05) is 0 Å². The number of hydrogen-bond acceptors (Lipinski definition) is 2.